The highest BCUT2D eigenvalue weighted by molar-refractivity contribution is 7.90. The minimum atomic E-state index is -3.84. The van der Waals surface area contributed by atoms with Crippen molar-refractivity contribution in [1.29, 1.82) is 0 Å². The summed E-state index contributed by atoms with van der Waals surface area (Å²) in [6, 6.07) is 16.7. The van der Waals surface area contributed by atoms with Gasteiger partial charge in [0.2, 0.25) is 5.96 Å². The topological polar surface area (TPSA) is 79.8 Å². The maximum Gasteiger partial charge on any atom is 0.266 e. The SMILES string of the molecule is O=S1(=O)NC(=NCc2ccc(Cl)c(Cl)c2)Nc2c(Oc3ccccc3Cl)cccc21. The second-order valence-electron chi connectivity index (χ2n) is 6.31. The highest BCUT2D eigenvalue weighted by atomic mass is 35.5. The molecule has 30 heavy (non-hydrogen) atoms. The summed E-state index contributed by atoms with van der Waals surface area (Å²) in [5.74, 6) is 0.760. The number of para-hydroxylation sites is 2. The van der Waals surface area contributed by atoms with Crippen LogP contribution in [0.4, 0.5) is 5.69 Å². The van der Waals surface area contributed by atoms with Crippen LogP contribution in [0.25, 0.3) is 0 Å². The van der Waals surface area contributed by atoms with Gasteiger partial charge >= 0.3 is 0 Å². The molecule has 0 unspecified atom stereocenters. The normalized spacial score (nSPS) is 15.8. The number of hydrogen-bond acceptors (Lipinski definition) is 4. The Hall–Kier alpha value is -2.45. The number of hydrogen-bond donors (Lipinski definition) is 2. The fourth-order valence-corrected chi connectivity index (χ4v) is 4.45. The Bertz CT molecular complexity index is 1260. The van der Waals surface area contributed by atoms with Crippen LogP contribution in [0.2, 0.25) is 15.1 Å². The van der Waals surface area contributed by atoms with E-state index in [0.29, 0.717) is 26.6 Å². The fraction of sp³-hybridized carbons (Fsp3) is 0.0500. The molecule has 1 heterocycles. The van der Waals surface area contributed by atoms with Gasteiger partial charge in [0.05, 0.1) is 21.6 Å². The molecule has 0 spiro atoms. The number of halogens is 3. The standard InChI is InChI=1S/C20H14Cl3N3O3S/c21-13-9-8-12(10-15(13)23)11-24-20-25-19-17(29-16-5-2-1-4-14(16)22)6-3-7-18(19)30(27,28)26-20/h1-10H,11H2,(H2,24,25,26). The summed E-state index contributed by atoms with van der Waals surface area (Å²) in [4.78, 5) is 4.36. The maximum absolute atomic E-state index is 12.7. The van der Waals surface area contributed by atoms with Crippen molar-refractivity contribution in [3.8, 4) is 11.5 Å². The number of ether oxygens (including phenoxy) is 1. The van der Waals surface area contributed by atoms with Gasteiger partial charge in [-0.15, -0.1) is 0 Å². The first-order valence-corrected chi connectivity index (χ1v) is 11.3. The predicted molar refractivity (Wildman–Crippen MR) is 120 cm³/mol. The first-order valence-electron chi connectivity index (χ1n) is 8.67. The summed E-state index contributed by atoms with van der Waals surface area (Å²) in [5, 5.41) is 4.22. The van der Waals surface area contributed by atoms with E-state index in [-0.39, 0.29) is 23.1 Å². The van der Waals surface area contributed by atoms with E-state index < -0.39 is 10.0 Å². The van der Waals surface area contributed by atoms with Crippen LogP contribution in [0.15, 0.2) is 70.6 Å². The molecule has 0 bridgehead atoms. The molecular weight excluding hydrogens is 469 g/mol. The number of guanidine groups is 1. The van der Waals surface area contributed by atoms with Gasteiger partial charge in [-0.25, -0.2) is 18.1 Å². The molecule has 0 amide bonds. The average molecular weight is 483 g/mol. The van der Waals surface area contributed by atoms with E-state index in [9.17, 15) is 8.42 Å². The molecule has 0 saturated heterocycles. The first-order chi connectivity index (χ1) is 14.3. The van der Waals surface area contributed by atoms with Crippen molar-refractivity contribution < 1.29 is 13.2 Å². The van der Waals surface area contributed by atoms with Crippen LogP contribution in [-0.4, -0.2) is 14.4 Å². The summed E-state index contributed by atoms with van der Waals surface area (Å²) in [7, 11) is -3.84. The predicted octanol–water partition coefficient (Wildman–Crippen LogP) is 5.70. The molecule has 1 aliphatic heterocycles. The number of nitrogens with zero attached hydrogens (tertiary/aromatic N) is 1. The second kappa shape index (κ2) is 8.35. The van der Waals surface area contributed by atoms with Crippen LogP contribution >= 0.6 is 34.8 Å². The molecule has 3 aromatic rings. The Morgan fingerprint density at radius 2 is 1.63 bits per heavy atom. The third kappa shape index (κ3) is 4.34. The minimum Gasteiger partial charge on any atom is -0.454 e. The van der Waals surface area contributed by atoms with Gasteiger partial charge in [-0.05, 0) is 42.0 Å². The van der Waals surface area contributed by atoms with Gasteiger partial charge in [-0.1, -0.05) is 59.1 Å². The number of fused-ring (bicyclic) bond motifs is 1. The van der Waals surface area contributed by atoms with Crippen molar-refractivity contribution in [3.05, 3.63) is 81.3 Å². The summed E-state index contributed by atoms with van der Waals surface area (Å²) in [6.45, 7) is 0.185. The van der Waals surface area contributed by atoms with Crippen LogP contribution in [0, 0.1) is 0 Å². The number of sulfonamides is 1. The highest BCUT2D eigenvalue weighted by Gasteiger charge is 2.29. The fourth-order valence-electron chi connectivity index (χ4n) is 2.80. The van der Waals surface area contributed by atoms with Crippen molar-refractivity contribution in [2.24, 2.45) is 4.99 Å². The largest absolute Gasteiger partial charge is 0.454 e. The van der Waals surface area contributed by atoms with Crippen molar-refractivity contribution in [2.75, 3.05) is 5.32 Å². The Morgan fingerprint density at radius 1 is 0.867 bits per heavy atom. The van der Waals surface area contributed by atoms with E-state index in [1.807, 2.05) is 0 Å². The minimum absolute atomic E-state index is 0.0422. The van der Waals surface area contributed by atoms with Crippen LogP contribution < -0.4 is 14.8 Å². The lowest BCUT2D eigenvalue weighted by Crippen LogP contribution is -2.40. The molecule has 10 heteroatoms. The average Bonchev–Trinajstić information content (AvgIpc) is 2.71. The third-order valence-corrected chi connectivity index (χ3v) is 6.64. The maximum atomic E-state index is 12.7. The molecular formula is C20H14Cl3N3O3S. The van der Waals surface area contributed by atoms with E-state index in [4.69, 9.17) is 39.5 Å². The van der Waals surface area contributed by atoms with E-state index in [0.717, 1.165) is 5.56 Å². The Labute approximate surface area is 188 Å². The molecule has 4 rings (SSSR count). The number of benzene rings is 3. The molecule has 0 fully saturated rings. The van der Waals surface area contributed by atoms with Gasteiger partial charge < -0.3 is 10.1 Å². The lowest BCUT2D eigenvalue weighted by atomic mass is 10.2. The van der Waals surface area contributed by atoms with Gasteiger partial charge in [0.15, 0.2) is 5.75 Å². The van der Waals surface area contributed by atoms with E-state index in [2.05, 4.69) is 15.0 Å². The lowest BCUT2D eigenvalue weighted by Gasteiger charge is -2.23. The molecule has 0 radical (unpaired) electrons. The Balaban J connectivity index is 1.67. The summed E-state index contributed by atoms with van der Waals surface area (Å²) < 4.78 is 33.7. The van der Waals surface area contributed by atoms with E-state index in [1.54, 1.807) is 54.6 Å². The summed E-state index contributed by atoms with van der Waals surface area (Å²) >= 11 is 18.1. The van der Waals surface area contributed by atoms with Gasteiger partial charge in [-0.3, -0.25) is 0 Å². The highest BCUT2D eigenvalue weighted by Crippen LogP contribution is 2.38. The Kier molecular flexibility index (Phi) is 5.79. The van der Waals surface area contributed by atoms with Crippen molar-refractivity contribution in [3.63, 3.8) is 0 Å². The second-order valence-corrected chi connectivity index (χ2v) is 9.18. The molecule has 1 aliphatic rings. The number of aliphatic imine (C=N–C) groups is 1. The monoisotopic (exact) mass is 481 g/mol. The van der Waals surface area contributed by atoms with Gasteiger partial charge in [0, 0.05) is 0 Å². The third-order valence-electron chi connectivity index (χ3n) is 4.21. The molecule has 0 aliphatic carbocycles. The van der Waals surface area contributed by atoms with E-state index in [1.165, 1.54) is 6.07 Å². The number of nitrogens with one attached hydrogen (secondary N) is 2. The van der Waals surface area contributed by atoms with Crippen LogP contribution in [0.5, 0.6) is 11.5 Å². The number of anilines is 1. The molecule has 0 saturated carbocycles. The van der Waals surface area contributed by atoms with Gasteiger partial charge in [-0.2, -0.15) is 0 Å². The summed E-state index contributed by atoms with van der Waals surface area (Å²) in [6.07, 6.45) is 0. The summed E-state index contributed by atoms with van der Waals surface area (Å²) in [5.41, 5.74) is 1.04. The van der Waals surface area contributed by atoms with Crippen LogP contribution in [0.1, 0.15) is 5.56 Å². The van der Waals surface area contributed by atoms with Crippen molar-refractivity contribution in [1.82, 2.24) is 4.72 Å². The van der Waals surface area contributed by atoms with Gasteiger partial charge in [0.25, 0.3) is 10.0 Å². The van der Waals surface area contributed by atoms with Gasteiger partial charge in [0.1, 0.15) is 16.3 Å². The molecule has 2 N–H and O–H groups in total. The Morgan fingerprint density at radius 3 is 2.40 bits per heavy atom. The van der Waals surface area contributed by atoms with Crippen molar-refractivity contribution in [2.45, 2.75) is 11.4 Å². The smallest absolute Gasteiger partial charge is 0.266 e. The van der Waals surface area contributed by atoms with Crippen LogP contribution in [-0.2, 0) is 16.6 Å². The zero-order chi connectivity index (χ0) is 21.3. The quantitative estimate of drug-likeness (QED) is 0.500. The molecule has 6 nitrogen and oxygen atoms in total. The molecule has 0 aromatic heterocycles. The number of rotatable bonds is 4. The van der Waals surface area contributed by atoms with Crippen LogP contribution in [0.3, 0.4) is 0 Å². The zero-order valence-electron chi connectivity index (χ0n) is 15.2. The molecule has 154 valence electrons. The molecule has 0 atom stereocenters. The first kappa shape index (κ1) is 20.8. The van der Waals surface area contributed by atoms with E-state index >= 15 is 0 Å². The van der Waals surface area contributed by atoms with Crippen molar-refractivity contribution >= 4 is 56.5 Å². The zero-order valence-corrected chi connectivity index (χ0v) is 18.3. The lowest BCUT2D eigenvalue weighted by molar-refractivity contribution is 0.483. The molecule has 3 aromatic carbocycles.